The Morgan fingerprint density at radius 2 is 2.07 bits per heavy atom. The largest absolute Gasteiger partial charge is 0.351 e. The van der Waals surface area contributed by atoms with Gasteiger partial charge in [0, 0.05) is 41.3 Å². The van der Waals surface area contributed by atoms with Crippen molar-refractivity contribution < 1.29 is 4.79 Å². The molecule has 0 unspecified atom stereocenters. The summed E-state index contributed by atoms with van der Waals surface area (Å²) in [6.45, 7) is 8.09. The first kappa shape index (κ1) is 20.5. The third-order valence-electron chi connectivity index (χ3n) is 6.26. The fourth-order valence-corrected chi connectivity index (χ4v) is 5.47. The molecule has 2 aliphatic heterocycles. The van der Waals surface area contributed by atoms with Gasteiger partial charge in [-0.05, 0) is 76.0 Å². The van der Waals surface area contributed by atoms with E-state index < -0.39 is 0 Å². The molecule has 5 nitrogen and oxygen atoms in total. The normalized spacial score (nSPS) is 21.9. The highest BCUT2D eigenvalue weighted by Crippen LogP contribution is 2.25. The number of hydrogen-bond donors (Lipinski definition) is 1. The lowest BCUT2D eigenvalue weighted by atomic mass is 9.93. The molecule has 2 fully saturated rings. The van der Waals surface area contributed by atoms with Crippen LogP contribution in [0.5, 0.6) is 0 Å². The lowest BCUT2D eigenvalue weighted by Crippen LogP contribution is -2.50. The number of pyridine rings is 1. The molecule has 4 rings (SSSR count). The average Bonchev–Trinajstić information content (AvgIpc) is 3.18. The molecule has 4 heterocycles. The van der Waals surface area contributed by atoms with Crippen LogP contribution in [0.4, 0.5) is 0 Å². The van der Waals surface area contributed by atoms with E-state index in [0.29, 0.717) is 12.6 Å². The quantitative estimate of drug-likeness (QED) is 0.790. The fraction of sp³-hybridized carbons (Fsp3) is 0.565. The number of piperidine rings is 2. The van der Waals surface area contributed by atoms with Gasteiger partial charge in [-0.25, -0.2) is 0 Å². The minimum Gasteiger partial charge on any atom is -0.351 e. The molecule has 29 heavy (non-hydrogen) atoms. The molecule has 2 aromatic heterocycles. The summed E-state index contributed by atoms with van der Waals surface area (Å²) in [4.78, 5) is 24.6. The highest BCUT2D eigenvalue weighted by molar-refractivity contribution is 7.11. The smallest absolute Gasteiger partial charge is 0.224 e. The highest BCUT2D eigenvalue weighted by Gasteiger charge is 2.31. The predicted molar refractivity (Wildman–Crippen MR) is 118 cm³/mol. The Hall–Kier alpha value is -1.76. The zero-order valence-corrected chi connectivity index (χ0v) is 18.2. The number of rotatable bonds is 6. The second kappa shape index (κ2) is 9.83. The van der Waals surface area contributed by atoms with E-state index in [2.05, 4.69) is 45.2 Å². The Labute approximate surface area is 178 Å². The van der Waals surface area contributed by atoms with Crippen LogP contribution in [-0.2, 0) is 17.9 Å². The van der Waals surface area contributed by atoms with Crippen LogP contribution in [0.25, 0.3) is 0 Å². The predicted octanol–water partition coefficient (Wildman–Crippen LogP) is 3.44. The van der Waals surface area contributed by atoms with Crippen molar-refractivity contribution in [3.05, 3.63) is 52.0 Å². The van der Waals surface area contributed by atoms with Gasteiger partial charge in [0.15, 0.2) is 0 Å². The molecule has 1 N–H and O–H groups in total. The van der Waals surface area contributed by atoms with Crippen molar-refractivity contribution in [2.75, 3.05) is 26.2 Å². The number of carbonyl (C=O) groups excluding carboxylic acids is 1. The molecule has 6 heteroatoms. The maximum absolute atomic E-state index is 12.7. The Morgan fingerprint density at radius 1 is 1.21 bits per heavy atom. The van der Waals surface area contributed by atoms with E-state index >= 15 is 0 Å². The van der Waals surface area contributed by atoms with E-state index in [1.807, 2.05) is 18.5 Å². The van der Waals surface area contributed by atoms with Crippen molar-refractivity contribution in [2.24, 2.45) is 5.92 Å². The van der Waals surface area contributed by atoms with Gasteiger partial charge in [-0.1, -0.05) is 6.07 Å². The van der Waals surface area contributed by atoms with E-state index in [9.17, 15) is 4.79 Å². The van der Waals surface area contributed by atoms with Crippen LogP contribution >= 0.6 is 11.3 Å². The van der Waals surface area contributed by atoms with E-state index in [1.54, 1.807) is 11.3 Å². The molecular formula is C23H32N4OS. The first-order valence-electron chi connectivity index (χ1n) is 10.9. The van der Waals surface area contributed by atoms with E-state index in [1.165, 1.54) is 28.2 Å². The van der Waals surface area contributed by atoms with Crippen LogP contribution in [0.15, 0.2) is 36.7 Å². The standard InChI is InChI=1S/C23H32N4OS/c1-18-6-7-22(29-18)15-25-23(28)20-5-3-11-27(17-20)21-8-12-26(13-9-21)16-19-4-2-10-24-14-19/h2,4,6-7,10,14,20-21H,3,5,8-9,11-13,15-17H2,1H3,(H,25,28)/t20-/m0/s1. The van der Waals surface area contributed by atoms with Gasteiger partial charge in [0.2, 0.25) is 5.91 Å². The summed E-state index contributed by atoms with van der Waals surface area (Å²) in [6.07, 6.45) is 8.35. The molecule has 0 radical (unpaired) electrons. The van der Waals surface area contributed by atoms with Crippen LogP contribution in [0.2, 0.25) is 0 Å². The maximum Gasteiger partial charge on any atom is 0.224 e. The first-order chi connectivity index (χ1) is 14.2. The lowest BCUT2D eigenvalue weighted by molar-refractivity contribution is -0.127. The van der Waals surface area contributed by atoms with Gasteiger partial charge in [0.05, 0.1) is 12.5 Å². The van der Waals surface area contributed by atoms with Crippen molar-refractivity contribution in [3.8, 4) is 0 Å². The SMILES string of the molecule is Cc1ccc(CNC(=O)[C@H]2CCCN(C3CCN(Cc4cccnc4)CC3)C2)s1. The molecule has 1 atom stereocenters. The van der Waals surface area contributed by atoms with Crippen LogP contribution in [0, 0.1) is 12.8 Å². The van der Waals surface area contributed by atoms with Gasteiger partial charge in [0.1, 0.15) is 0 Å². The van der Waals surface area contributed by atoms with Gasteiger partial charge in [-0.3, -0.25) is 19.6 Å². The molecule has 2 aliphatic rings. The van der Waals surface area contributed by atoms with Crippen LogP contribution in [-0.4, -0.2) is 52.9 Å². The molecule has 0 saturated carbocycles. The van der Waals surface area contributed by atoms with Gasteiger partial charge >= 0.3 is 0 Å². The molecule has 156 valence electrons. The summed E-state index contributed by atoms with van der Waals surface area (Å²) in [5.41, 5.74) is 1.29. The summed E-state index contributed by atoms with van der Waals surface area (Å²) < 4.78 is 0. The first-order valence-corrected chi connectivity index (χ1v) is 11.7. The Morgan fingerprint density at radius 3 is 2.79 bits per heavy atom. The number of amides is 1. The number of nitrogens with zero attached hydrogens (tertiary/aromatic N) is 3. The second-order valence-electron chi connectivity index (χ2n) is 8.43. The second-order valence-corrected chi connectivity index (χ2v) is 9.81. The van der Waals surface area contributed by atoms with Crippen molar-refractivity contribution in [3.63, 3.8) is 0 Å². The minimum absolute atomic E-state index is 0.137. The number of aryl methyl sites for hydroxylation is 1. The molecule has 0 bridgehead atoms. The van der Waals surface area contributed by atoms with Gasteiger partial charge < -0.3 is 5.32 Å². The van der Waals surface area contributed by atoms with Gasteiger partial charge in [-0.15, -0.1) is 11.3 Å². The monoisotopic (exact) mass is 412 g/mol. The summed E-state index contributed by atoms with van der Waals surface area (Å²) in [6, 6.07) is 9.03. The van der Waals surface area contributed by atoms with E-state index in [4.69, 9.17) is 0 Å². The van der Waals surface area contributed by atoms with Crippen molar-refractivity contribution in [1.29, 1.82) is 0 Å². The van der Waals surface area contributed by atoms with E-state index in [-0.39, 0.29) is 11.8 Å². The zero-order chi connectivity index (χ0) is 20.1. The number of likely N-dealkylation sites (tertiary alicyclic amines) is 2. The maximum atomic E-state index is 12.7. The molecule has 1 amide bonds. The highest BCUT2D eigenvalue weighted by atomic mass is 32.1. The molecule has 2 aromatic rings. The number of carbonyl (C=O) groups is 1. The molecular weight excluding hydrogens is 380 g/mol. The zero-order valence-electron chi connectivity index (χ0n) is 17.3. The van der Waals surface area contributed by atoms with Crippen molar-refractivity contribution >= 4 is 17.2 Å². The number of hydrogen-bond acceptors (Lipinski definition) is 5. The summed E-state index contributed by atoms with van der Waals surface area (Å²) >= 11 is 1.77. The van der Waals surface area contributed by atoms with Crippen LogP contribution in [0.1, 0.15) is 41.0 Å². The van der Waals surface area contributed by atoms with E-state index in [0.717, 1.165) is 45.6 Å². The molecule has 0 aliphatic carbocycles. The average molecular weight is 413 g/mol. The third kappa shape index (κ3) is 5.65. The Kier molecular flexibility index (Phi) is 6.95. The Balaban J connectivity index is 1.23. The minimum atomic E-state index is 0.137. The number of aromatic nitrogens is 1. The van der Waals surface area contributed by atoms with Crippen molar-refractivity contribution in [1.82, 2.24) is 20.1 Å². The Bertz CT molecular complexity index is 785. The topological polar surface area (TPSA) is 48.5 Å². The van der Waals surface area contributed by atoms with Gasteiger partial charge in [-0.2, -0.15) is 0 Å². The summed E-state index contributed by atoms with van der Waals surface area (Å²) in [5.74, 6) is 0.369. The molecule has 2 saturated heterocycles. The van der Waals surface area contributed by atoms with Crippen LogP contribution < -0.4 is 5.32 Å². The number of nitrogens with one attached hydrogen (secondary N) is 1. The summed E-state index contributed by atoms with van der Waals surface area (Å²) in [7, 11) is 0. The van der Waals surface area contributed by atoms with Gasteiger partial charge in [0.25, 0.3) is 0 Å². The molecule has 0 aromatic carbocycles. The third-order valence-corrected chi connectivity index (χ3v) is 7.26. The fourth-order valence-electron chi connectivity index (χ4n) is 4.64. The van der Waals surface area contributed by atoms with Crippen molar-refractivity contribution in [2.45, 2.75) is 51.7 Å². The molecule has 0 spiro atoms. The lowest BCUT2D eigenvalue weighted by Gasteiger charge is -2.42. The summed E-state index contributed by atoms with van der Waals surface area (Å²) in [5, 5.41) is 3.17. The number of thiophene rings is 1. The van der Waals surface area contributed by atoms with Crippen LogP contribution in [0.3, 0.4) is 0 Å².